The Morgan fingerprint density at radius 3 is 2.57 bits per heavy atom. The van der Waals surface area contributed by atoms with Crippen molar-refractivity contribution in [3.05, 3.63) is 51.9 Å². The van der Waals surface area contributed by atoms with Crippen molar-refractivity contribution in [1.29, 1.82) is 0 Å². The number of carbonyl (C=O) groups is 2. The number of fused-ring (bicyclic) bond motifs is 2. The van der Waals surface area contributed by atoms with Crippen LogP contribution in [-0.4, -0.2) is 39.7 Å². The molecule has 2 aromatic rings. The smallest absolute Gasteiger partial charge is 0.289 e. The Morgan fingerprint density at radius 2 is 1.94 bits per heavy atom. The summed E-state index contributed by atoms with van der Waals surface area (Å²) in [6.45, 7) is 0. The second kappa shape index (κ2) is 9.01. The zero-order chi connectivity index (χ0) is 25.0. The lowest BCUT2D eigenvalue weighted by Crippen LogP contribution is -2.42. The number of aliphatic hydroxyl groups excluding tert-OH is 1. The molecular weight excluding hydrogens is 503 g/mol. The summed E-state index contributed by atoms with van der Waals surface area (Å²) in [5, 5.41) is 16.2. The van der Waals surface area contributed by atoms with E-state index in [2.05, 4.69) is 15.6 Å². The highest BCUT2D eigenvalue weighted by Gasteiger charge is 2.59. The van der Waals surface area contributed by atoms with Crippen LogP contribution < -0.4 is 10.6 Å². The molecule has 11 heteroatoms. The van der Waals surface area contributed by atoms with Crippen molar-refractivity contribution >= 4 is 35.0 Å². The predicted octanol–water partition coefficient (Wildman–Crippen LogP) is 4.52. The molecule has 0 spiro atoms. The number of aromatic nitrogens is 1. The second-order valence-corrected chi connectivity index (χ2v) is 10.9. The van der Waals surface area contributed by atoms with E-state index < -0.39 is 52.8 Å². The quantitative estimate of drug-likeness (QED) is 0.479. The number of nitrogens with one attached hydrogen (secondary N) is 2. The summed E-state index contributed by atoms with van der Waals surface area (Å²) < 4.78 is 35.2. The van der Waals surface area contributed by atoms with Crippen molar-refractivity contribution in [3.63, 3.8) is 0 Å². The van der Waals surface area contributed by atoms with Crippen molar-refractivity contribution < 1.29 is 27.9 Å². The fourth-order valence-electron chi connectivity index (χ4n) is 6.12. The van der Waals surface area contributed by atoms with E-state index in [1.54, 1.807) is 0 Å². The molecule has 3 aliphatic carbocycles. The minimum atomic E-state index is -1.33. The average molecular weight is 528 g/mol. The summed E-state index contributed by atoms with van der Waals surface area (Å²) in [6, 6.07) is 0.988. The Morgan fingerprint density at radius 1 is 1.20 bits per heavy atom. The number of aliphatic hydroxyl groups is 1. The van der Waals surface area contributed by atoms with Gasteiger partial charge in [0.2, 0.25) is 11.7 Å². The predicted molar refractivity (Wildman–Crippen MR) is 123 cm³/mol. The summed E-state index contributed by atoms with van der Waals surface area (Å²) in [4.78, 5) is 29.4. The Kier molecular flexibility index (Phi) is 6.30. The molecule has 4 atom stereocenters. The molecule has 3 aliphatic rings. The lowest BCUT2D eigenvalue weighted by atomic mass is 9.74. The Balaban J connectivity index is 1.37. The van der Waals surface area contributed by atoms with Gasteiger partial charge in [-0.1, -0.05) is 23.2 Å². The van der Waals surface area contributed by atoms with Gasteiger partial charge >= 0.3 is 0 Å². The first-order valence-electron chi connectivity index (χ1n) is 11.6. The molecule has 35 heavy (non-hydrogen) atoms. The van der Waals surface area contributed by atoms with E-state index in [0.29, 0.717) is 25.7 Å². The molecule has 3 N–H and O–H groups in total. The normalized spacial score (nSPS) is 32.5. The number of oxazole rings is 1. The van der Waals surface area contributed by atoms with Gasteiger partial charge in [-0.25, -0.2) is 13.8 Å². The number of halogens is 4. The van der Waals surface area contributed by atoms with Gasteiger partial charge in [0.1, 0.15) is 11.5 Å². The highest BCUT2D eigenvalue weighted by Crippen LogP contribution is 2.64. The van der Waals surface area contributed by atoms with E-state index >= 15 is 8.78 Å². The minimum Gasteiger partial charge on any atom is -0.438 e. The van der Waals surface area contributed by atoms with Crippen molar-refractivity contribution in [2.45, 2.75) is 68.8 Å². The number of alkyl halides is 1. The maximum absolute atomic E-state index is 15.1. The number of hydrogen-bond acceptors (Lipinski definition) is 5. The number of nitrogens with zero attached hydrogens (tertiary/aromatic N) is 1. The molecule has 7 nitrogen and oxygen atoms in total. The molecule has 3 saturated carbocycles. The first-order chi connectivity index (χ1) is 16.6. The lowest BCUT2D eigenvalue weighted by molar-refractivity contribution is -0.127. The van der Waals surface area contributed by atoms with Gasteiger partial charge in [-0.2, -0.15) is 0 Å². The van der Waals surface area contributed by atoms with Crippen LogP contribution in [0.1, 0.15) is 67.1 Å². The van der Waals surface area contributed by atoms with Gasteiger partial charge in [0.25, 0.3) is 5.91 Å². The van der Waals surface area contributed by atoms with Gasteiger partial charge < -0.3 is 20.2 Å². The van der Waals surface area contributed by atoms with Gasteiger partial charge in [0.15, 0.2) is 6.39 Å². The van der Waals surface area contributed by atoms with Crippen LogP contribution in [0.2, 0.25) is 10.0 Å². The Bertz CT molecular complexity index is 1140. The molecule has 2 bridgehead atoms. The Labute approximate surface area is 210 Å². The maximum atomic E-state index is 15.1. The van der Waals surface area contributed by atoms with Crippen LogP contribution in [-0.2, 0) is 4.79 Å². The van der Waals surface area contributed by atoms with Gasteiger partial charge in [0.05, 0.1) is 34.4 Å². The van der Waals surface area contributed by atoms with Crippen LogP contribution in [0.25, 0.3) is 0 Å². The fourth-order valence-corrected chi connectivity index (χ4v) is 6.55. The first-order valence-corrected chi connectivity index (χ1v) is 12.4. The molecule has 0 aliphatic heterocycles. The monoisotopic (exact) mass is 527 g/mol. The van der Waals surface area contributed by atoms with Crippen molar-refractivity contribution in [2.24, 2.45) is 11.3 Å². The van der Waals surface area contributed by atoms with Crippen LogP contribution in [0.4, 0.5) is 8.78 Å². The summed E-state index contributed by atoms with van der Waals surface area (Å²) >= 11 is 12.6. The van der Waals surface area contributed by atoms with Crippen LogP contribution in [0.3, 0.4) is 0 Å². The van der Waals surface area contributed by atoms with E-state index in [-0.39, 0.29) is 40.6 Å². The molecule has 0 unspecified atom stereocenters. The standard InChI is InChI=1S/C24H25Cl2F2N3O4/c25-13-1-2-14(27)18(19(13)26)20(23-3-5-24(28,10-23)6-4-23)31-21(33)12-7-15(16(32)8-12)30-22(34)17-9-29-11-35-17/h1-2,9,11-12,15-16,20,32H,3-8,10H2,(H,30,34)(H,31,33)/t12-,15-,16+,20+,23?,24?/m0/s1. The first kappa shape index (κ1) is 24.5. The van der Waals surface area contributed by atoms with E-state index in [4.69, 9.17) is 27.6 Å². The number of amides is 2. The molecule has 1 aromatic heterocycles. The van der Waals surface area contributed by atoms with Gasteiger partial charge in [-0.05, 0) is 62.5 Å². The summed E-state index contributed by atoms with van der Waals surface area (Å²) in [7, 11) is 0. The molecule has 1 heterocycles. The zero-order valence-corrected chi connectivity index (χ0v) is 20.2. The topological polar surface area (TPSA) is 104 Å². The third-order valence-electron chi connectivity index (χ3n) is 7.95. The van der Waals surface area contributed by atoms with Crippen molar-refractivity contribution in [1.82, 2.24) is 15.6 Å². The summed E-state index contributed by atoms with van der Waals surface area (Å²) in [6.07, 6.45) is 3.55. The van der Waals surface area contributed by atoms with Crippen LogP contribution in [0.5, 0.6) is 0 Å². The molecular formula is C24H25Cl2F2N3O4. The number of rotatable bonds is 6. The molecule has 1 aromatic carbocycles. The molecule has 2 amide bonds. The average Bonchev–Trinajstić information content (AvgIpc) is 3.60. The molecule has 5 rings (SSSR count). The third-order valence-corrected chi connectivity index (χ3v) is 8.77. The third kappa shape index (κ3) is 4.42. The lowest BCUT2D eigenvalue weighted by Gasteiger charge is -2.38. The SMILES string of the molecule is O=C(N[C@H]1C[C@H](C(=O)N[C@H](c2c(F)ccc(Cl)c2Cl)C23CCC(F)(CC2)C3)C[C@H]1O)c1cnco1. The Hall–Kier alpha value is -2.23. The number of carbonyl (C=O) groups excluding carboxylic acids is 2. The second-order valence-electron chi connectivity index (χ2n) is 10.1. The van der Waals surface area contributed by atoms with E-state index in [9.17, 15) is 14.7 Å². The highest BCUT2D eigenvalue weighted by atomic mass is 35.5. The largest absolute Gasteiger partial charge is 0.438 e. The van der Waals surface area contributed by atoms with Crippen LogP contribution in [0.15, 0.2) is 29.1 Å². The number of benzene rings is 1. The molecule has 0 saturated heterocycles. The summed E-state index contributed by atoms with van der Waals surface area (Å²) in [5.74, 6) is -2.24. The van der Waals surface area contributed by atoms with Crippen LogP contribution in [0, 0.1) is 17.2 Å². The van der Waals surface area contributed by atoms with Crippen molar-refractivity contribution in [3.8, 4) is 0 Å². The number of hydrogen-bond donors (Lipinski definition) is 3. The maximum Gasteiger partial charge on any atom is 0.289 e. The van der Waals surface area contributed by atoms with Gasteiger partial charge in [-0.15, -0.1) is 0 Å². The fraction of sp³-hybridized carbons (Fsp3) is 0.542. The molecule has 0 radical (unpaired) electrons. The summed E-state index contributed by atoms with van der Waals surface area (Å²) in [5.41, 5.74) is -1.95. The van der Waals surface area contributed by atoms with Crippen molar-refractivity contribution in [2.75, 3.05) is 0 Å². The zero-order valence-electron chi connectivity index (χ0n) is 18.7. The van der Waals surface area contributed by atoms with E-state index in [1.807, 2.05) is 0 Å². The molecule has 3 fully saturated rings. The minimum absolute atomic E-state index is 0.00162. The van der Waals surface area contributed by atoms with Gasteiger partial charge in [-0.3, -0.25) is 9.59 Å². The van der Waals surface area contributed by atoms with Gasteiger partial charge in [0, 0.05) is 11.5 Å². The van der Waals surface area contributed by atoms with Crippen LogP contribution >= 0.6 is 23.2 Å². The highest BCUT2D eigenvalue weighted by molar-refractivity contribution is 6.42. The van der Waals surface area contributed by atoms with E-state index in [0.717, 1.165) is 6.39 Å². The van der Waals surface area contributed by atoms with E-state index in [1.165, 1.54) is 18.3 Å². The molecule has 188 valence electrons.